The van der Waals surface area contributed by atoms with Crippen LogP contribution >= 0.6 is 11.6 Å². The zero-order valence-electron chi connectivity index (χ0n) is 22.3. The van der Waals surface area contributed by atoms with Crippen LogP contribution in [0.25, 0.3) is 11.0 Å². The smallest absolute Gasteiger partial charge is 0.255 e. The van der Waals surface area contributed by atoms with Gasteiger partial charge in [-0.2, -0.15) is 14.6 Å². The number of piperazine rings is 1. The molecule has 0 amide bonds. The third-order valence-electron chi connectivity index (χ3n) is 7.48. The SMILES string of the molecule is C[C@H]1CN(c2ncc(F)c(OCc3ccc(Cl)cc3F)n2)CCN1Cc1nc2cc(C#N)ncc2n1C[C@@H]1CCO1. The molecule has 212 valence electrons. The van der Waals surface area contributed by atoms with Gasteiger partial charge in [-0.25, -0.2) is 19.3 Å². The summed E-state index contributed by atoms with van der Waals surface area (Å²) in [4.78, 5) is 21.9. The van der Waals surface area contributed by atoms with E-state index in [-0.39, 0.29) is 35.2 Å². The first-order chi connectivity index (χ1) is 19.9. The second-order valence-corrected chi connectivity index (χ2v) is 10.6. The number of hydrogen-bond donors (Lipinski definition) is 0. The maximum atomic E-state index is 14.4. The lowest BCUT2D eigenvalue weighted by Crippen LogP contribution is -2.52. The highest BCUT2D eigenvalue weighted by Gasteiger charge is 2.29. The van der Waals surface area contributed by atoms with Gasteiger partial charge in [-0.15, -0.1) is 0 Å². The Hall–Kier alpha value is -3.92. The molecule has 2 aliphatic rings. The van der Waals surface area contributed by atoms with Crippen LogP contribution in [-0.4, -0.2) is 67.8 Å². The van der Waals surface area contributed by atoms with Crippen molar-refractivity contribution in [1.82, 2.24) is 29.4 Å². The van der Waals surface area contributed by atoms with E-state index in [9.17, 15) is 14.0 Å². The predicted molar refractivity (Wildman–Crippen MR) is 146 cm³/mol. The Balaban J connectivity index is 1.15. The van der Waals surface area contributed by atoms with Gasteiger partial charge in [0.15, 0.2) is 0 Å². The Morgan fingerprint density at radius 2 is 2.00 bits per heavy atom. The zero-order valence-corrected chi connectivity index (χ0v) is 23.1. The Kier molecular flexibility index (Phi) is 7.66. The van der Waals surface area contributed by atoms with Crippen LogP contribution in [0.5, 0.6) is 5.88 Å². The van der Waals surface area contributed by atoms with Gasteiger partial charge in [-0.05, 0) is 25.5 Å². The molecule has 6 rings (SSSR count). The van der Waals surface area contributed by atoms with Crippen LogP contribution in [0.3, 0.4) is 0 Å². The maximum absolute atomic E-state index is 14.4. The Morgan fingerprint density at radius 3 is 2.73 bits per heavy atom. The van der Waals surface area contributed by atoms with Crippen LogP contribution in [0, 0.1) is 23.0 Å². The van der Waals surface area contributed by atoms with Gasteiger partial charge >= 0.3 is 0 Å². The summed E-state index contributed by atoms with van der Waals surface area (Å²) < 4.78 is 41.9. The van der Waals surface area contributed by atoms with Crippen molar-refractivity contribution in [3.05, 3.63) is 70.4 Å². The van der Waals surface area contributed by atoms with Gasteiger partial charge < -0.3 is 18.9 Å². The zero-order chi connectivity index (χ0) is 28.5. The van der Waals surface area contributed by atoms with Crippen molar-refractivity contribution in [3.8, 4) is 11.9 Å². The van der Waals surface area contributed by atoms with Gasteiger partial charge in [0.25, 0.3) is 5.88 Å². The Bertz CT molecular complexity index is 1620. The molecule has 0 unspecified atom stereocenters. The van der Waals surface area contributed by atoms with Crippen molar-refractivity contribution in [2.75, 3.05) is 31.1 Å². The van der Waals surface area contributed by atoms with E-state index in [1.165, 1.54) is 12.1 Å². The van der Waals surface area contributed by atoms with Gasteiger partial charge in [0.2, 0.25) is 11.8 Å². The van der Waals surface area contributed by atoms with Crippen molar-refractivity contribution in [2.45, 2.75) is 45.2 Å². The van der Waals surface area contributed by atoms with Crippen molar-refractivity contribution in [1.29, 1.82) is 5.26 Å². The lowest BCUT2D eigenvalue weighted by atomic mass is 10.2. The summed E-state index contributed by atoms with van der Waals surface area (Å²) in [5.41, 5.74) is 2.19. The molecule has 2 fully saturated rings. The Morgan fingerprint density at radius 1 is 1.15 bits per heavy atom. The molecule has 0 bridgehead atoms. The first-order valence-corrected chi connectivity index (χ1v) is 13.7. The number of nitriles is 1. The summed E-state index contributed by atoms with van der Waals surface area (Å²) in [5, 5.41) is 9.54. The van der Waals surface area contributed by atoms with Crippen molar-refractivity contribution < 1.29 is 18.3 Å². The molecule has 2 atom stereocenters. The van der Waals surface area contributed by atoms with E-state index in [1.54, 1.807) is 18.3 Å². The molecule has 3 aromatic heterocycles. The third kappa shape index (κ3) is 5.79. The molecule has 2 saturated heterocycles. The third-order valence-corrected chi connectivity index (χ3v) is 7.71. The largest absolute Gasteiger partial charge is 0.470 e. The van der Waals surface area contributed by atoms with Crippen molar-refractivity contribution in [2.24, 2.45) is 0 Å². The number of rotatable bonds is 8. The van der Waals surface area contributed by atoms with Crippen LogP contribution in [0.4, 0.5) is 14.7 Å². The fourth-order valence-electron chi connectivity index (χ4n) is 5.07. The number of benzene rings is 1. The molecule has 1 aromatic carbocycles. The normalized spacial score (nSPS) is 19.2. The van der Waals surface area contributed by atoms with Crippen molar-refractivity contribution in [3.63, 3.8) is 0 Å². The molecule has 0 aliphatic carbocycles. The number of imidazole rings is 1. The second-order valence-electron chi connectivity index (χ2n) is 10.2. The standard InChI is InChI=1S/C28H27ClF2N8O2/c1-17-13-38(28-34-11-23(31)27(36-28)41-16-18-2-3-19(29)8-22(18)30)6-5-37(17)15-26-35-24-9-20(10-32)33-12-25(24)39(26)14-21-4-7-40-21/h2-3,8-9,11-12,17,21H,4-7,13-16H2,1H3/t17-,21-/m0/s1. The summed E-state index contributed by atoms with van der Waals surface area (Å²) in [6, 6.07) is 8.11. The number of ether oxygens (including phenoxy) is 2. The number of anilines is 1. The minimum Gasteiger partial charge on any atom is -0.470 e. The number of halogens is 3. The van der Waals surface area contributed by atoms with Crippen LogP contribution in [0.2, 0.25) is 5.02 Å². The van der Waals surface area contributed by atoms with Gasteiger partial charge in [-0.1, -0.05) is 17.7 Å². The number of aromatic nitrogens is 5. The van der Waals surface area contributed by atoms with E-state index in [2.05, 4.69) is 37.4 Å². The van der Waals surface area contributed by atoms with E-state index in [0.29, 0.717) is 44.4 Å². The molecule has 5 heterocycles. The lowest BCUT2D eigenvalue weighted by molar-refractivity contribution is -0.0592. The molecule has 4 aromatic rings. The second kappa shape index (κ2) is 11.5. The molecule has 13 heteroatoms. The maximum Gasteiger partial charge on any atom is 0.255 e. The van der Waals surface area contributed by atoms with Crippen LogP contribution in [-0.2, 0) is 24.4 Å². The topological polar surface area (TPSA) is 105 Å². The van der Waals surface area contributed by atoms with Gasteiger partial charge in [0.05, 0.1) is 42.6 Å². The predicted octanol–water partition coefficient (Wildman–Crippen LogP) is 4.10. The lowest BCUT2D eigenvalue weighted by Gasteiger charge is -2.39. The van der Waals surface area contributed by atoms with Crippen LogP contribution < -0.4 is 9.64 Å². The van der Waals surface area contributed by atoms with Gasteiger partial charge in [0, 0.05) is 48.9 Å². The van der Waals surface area contributed by atoms with E-state index >= 15 is 0 Å². The molecule has 0 radical (unpaired) electrons. The Labute approximate surface area is 240 Å². The first kappa shape index (κ1) is 27.3. The molecule has 41 heavy (non-hydrogen) atoms. The minimum absolute atomic E-state index is 0.103. The summed E-state index contributed by atoms with van der Waals surface area (Å²) in [5.74, 6) is -0.271. The van der Waals surface area contributed by atoms with Gasteiger partial charge in [0.1, 0.15) is 30.0 Å². The first-order valence-electron chi connectivity index (χ1n) is 13.3. The number of fused-ring (bicyclic) bond motifs is 1. The number of pyridine rings is 1. The minimum atomic E-state index is -0.724. The van der Waals surface area contributed by atoms with E-state index in [4.69, 9.17) is 26.1 Å². The summed E-state index contributed by atoms with van der Waals surface area (Å²) in [6.45, 7) is 5.85. The molecule has 10 nitrogen and oxygen atoms in total. The van der Waals surface area contributed by atoms with Crippen molar-refractivity contribution >= 4 is 28.6 Å². The van der Waals surface area contributed by atoms with Gasteiger partial charge in [-0.3, -0.25) is 4.90 Å². The quantitative estimate of drug-likeness (QED) is 0.304. The number of nitrogens with zero attached hydrogens (tertiary/aromatic N) is 8. The molecule has 0 N–H and O–H groups in total. The number of hydrogen-bond acceptors (Lipinski definition) is 9. The summed E-state index contributed by atoms with van der Waals surface area (Å²) >= 11 is 5.81. The highest BCUT2D eigenvalue weighted by atomic mass is 35.5. The molecule has 0 spiro atoms. The van der Waals surface area contributed by atoms with Crippen LogP contribution in [0.1, 0.15) is 30.4 Å². The summed E-state index contributed by atoms with van der Waals surface area (Å²) in [7, 11) is 0. The fraction of sp³-hybridized carbons (Fsp3) is 0.393. The van der Waals surface area contributed by atoms with E-state index < -0.39 is 11.6 Å². The summed E-state index contributed by atoms with van der Waals surface area (Å²) in [6.07, 6.45) is 3.91. The highest BCUT2D eigenvalue weighted by Crippen LogP contribution is 2.25. The molecule has 0 saturated carbocycles. The van der Waals surface area contributed by atoms with E-state index in [0.717, 1.165) is 36.1 Å². The fourth-order valence-corrected chi connectivity index (χ4v) is 5.22. The monoisotopic (exact) mass is 580 g/mol. The average Bonchev–Trinajstić information content (AvgIpc) is 3.27. The molecular weight excluding hydrogens is 554 g/mol. The van der Waals surface area contributed by atoms with E-state index in [1.807, 2.05) is 4.90 Å². The van der Waals surface area contributed by atoms with Crippen LogP contribution in [0.15, 0.2) is 36.7 Å². The molecular formula is C28H27ClF2N8O2. The average molecular weight is 581 g/mol. The highest BCUT2D eigenvalue weighted by molar-refractivity contribution is 6.30. The molecule has 2 aliphatic heterocycles.